The number of anilines is 1. The molecule has 5 nitrogen and oxygen atoms in total. The predicted molar refractivity (Wildman–Crippen MR) is 55.1 cm³/mol. The van der Waals surface area contributed by atoms with Crippen LogP contribution in [0.3, 0.4) is 0 Å². The molecular weight excluding hydrogens is 180 g/mol. The Balaban J connectivity index is 2.79. The van der Waals surface area contributed by atoms with Crippen LogP contribution in [0, 0.1) is 0 Å². The van der Waals surface area contributed by atoms with Crippen molar-refractivity contribution in [3.8, 4) is 5.75 Å². The van der Waals surface area contributed by atoms with Crippen molar-refractivity contribution in [1.29, 1.82) is 0 Å². The van der Waals surface area contributed by atoms with Crippen LogP contribution >= 0.6 is 0 Å². The standard InChI is InChI=1S/C9H12N4O/c1-13-8-6(11-9(13)12-10)4-3-5-7(8)14-2/h3-5H,10H2,1-2H3,(H,11,12). The Bertz CT molecular complexity index is 463. The maximum absolute atomic E-state index is 5.33. The minimum Gasteiger partial charge on any atom is -0.494 e. The molecule has 5 heteroatoms. The number of imidazole rings is 1. The van der Waals surface area contributed by atoms with Crippen molar-refractivity contribution in [3.63, 3.8) is 0 Å². The molecule has 0 spiro atoms. The summed E-state index contributed by atoms with van der Waals surface area (Å²) in [4.78, 5) is 4.29. The van der Waals surface area contributed by atoms with E-state index in [2.05, 4.69) is 10.4 Å². The maximum atomic E-state index is 5.33. The van der Waals surface area contributed by atoms with E-state index < -0.39 is 0 Å². The van der Waals surface area contributed by atoms with Gasteiger partial charge in [0.25, 0.3) is 0 Å². The van der Waals surface area contributed by atoms with Crippen LogP contribution in [-0.4, -0.2) is 16.7 Å². The van der Waals surface area contributed by atoms with Crippen LogP contribution in [-0.2, 0) is 7.05 Å². The SMILES string of the molecule is COc1cccc2nc(NN)n(C)c12. The summed E-state index contributed by atoms with van der Waals surface area (Å²) < 4.78 is 7.09. The number of nitrogen functional groups attached to an aromatic ring is 1. The summed E-state index contributed by atoms with van der Waals surface area (Å²) in [6, 6.07) is 5.71. The highest BCUT2D eigenvalue weighted by molar-refractivity contribution is 5.84. The zero-order valence-corrected chi connectivity index (χ0v) is 8.11. The van der Waals surface area contributed by atoms with Crippen LogP contribution in [0.25, 0.3) is 11.0 Å². The summed E-state index contributed by atoms with van der Waals surface area (Å²) in [6.45, 7) is 0. The van der Waals surface area contributed by atoms with Gasteiger partial charge in [-0.1, -0.05) is 6.07 Å². The second-order valence-electron chi connectivity index (χ2n) is 2.97. The van der Waals surface area contributed by atoms with Gasteiger partial charge < -0.3 is 9.30 Å². The second kappa shape index (κ2) is 3.19. The van der Waals surface area contributed by atoms with Crippen molar-refractivity contribution in [2.45, 2.75) is 0 Å². The van der Waals surface area contributed by atoms with Gasteiger partial charge in [-0.15, -0.1) is 0 Å². The number of methoxy groups -OCH3 is 1. The normalized spacial score (nSPS) is 10.5. The number of hydrogen-bond acceptors (Lipinski definition) is 4. The van der Waals surface area contributed by atoms with Crippen molar-refractivity contribution < 1.29 is 4.74 Å². The van der Waals surface area contributed by atoms with E-state index in [1.54, 1.807) is 7.11 Å². The summed E-state index contributed by atoms with van der Waals surface area (Å²) in [5, 5.41) is 0. The lowest BCUT2D eigenvalue weighted by molar-refractivity contribution is 0.418. The molecule has 0 saturated carbocycles. The van der Waals surface area contributed by atoms with Crippen LogP contribution in [0.4, 0.5) is 5.95 Å². The number of aryl methyl sites for hydroxylation is 1. The number of nitrogens with two attached hydrogens (primary N) is 1. The molecule has 0 fully saturated rings. The van der Waals surface area contributed by atoms with E-state index in [1.807, 2.05) is 29.8 Å². The smallest absolute Gasteiger partial charge is 0.218 e. The van der Waals surface area contributed by atoms with Crippen LogP contribution in [0.2, 0.25) is 0 Å². The fraction of sp³-hybridized carbons (Fsp3) is 0.222. The van der Waals surface area contributed by atoms with Crippen LogP contribution in [0.5, 0.6) is 5.75 Å². The summed E-state index contributed by atoms with van der Waals surface area (Å²) in [7, 11) is 3.52. The first kappa shape index (κ1) is 8.83. The van der Waals surface area contributed by atoms with Crippen LogP contribution in [0.1, 0.15) is 0 Å². The highest BCUT2D eigenvalue weighted by Gasteiger charge is 2.10. The average molecular weight is 192 g/mol. The minimum absolute atomic E-state index is 0.615. The van der Waals surface area contributed by atoms with Crippen molar-refractivity contribution >= 4 is 17.0 Å². The molecule has 2 rings (SSSR count). The van der Waals surface area contributed by atoms with E-state index in [9.17, 15) is 0 Å². The molecule has 0 atom stereocenters. The average Bonchev–Trinajstić information content (AvgIpc) is 2.55. The molecule has 1 aromatic carbocycles. The molecule has 1 heterocycles. The van der Waals surface area contributed by atoms with Gasteiger partial charge in [-0.05, 0) is 12.1 Å². The van der Waals surface area contributed by atoms with Crippen molar-refractivity contribution in [3.05, 3.63) is 18.2 Å². The van der Waals surface area contributed by atoms with E-state index in [0.717, 1.165) is 16.8 Å². The van der Waals surface area contributed by atoms with Gasteiger partial charge in [-0.3, -0.25) is 5.43 Å². The van der Waals surface area contributed by atoms with Crippen LogP contribution in [0.15, 0.2) is 18.2 Å². The van der Waals surface area contributed by atoms with Crippen molar-refractivity contribution in [1.82, 2.24) is 9.55 Å². The van der Waals surface area contributed by atoms with Gasteiger partial charge in [0.15, 0.2) is 0 Å². The number of hydrogen-bond donors (Lipinski definition) is 2. The molecule has 0 radical (unpaired) electrons. The zero-order valence-electron chi connectivity index (χ0n) is 8.11. The molecular formula is C9H12N4O. The topological polar surface area (TPSA) is 65.1 Å². The monoisotopic (exact) mass is 192 g/mol. The number of nitrogens with one attached hydrogen (secondary N) is 1. The first-order valence-corrected chi connectivity index (χ1v) is 4.24. The predicted octanol–water partition coefficient (Wildman–Crippen LogP) is 0.867. The molecule has 0 amide bonds. The van der Waals surface area contributed by atoms with Crippen molar-refractivity contribution in [2.75, 3.05) is 12.5 Å². The number of benzene rings is 1. The first-order valence-electron chi connectivity index (χ1n) is 4.24. The molecule has 0 aliphatic carbocycles. The highest BCUT2D eigenvalue weighted by Crippen LogP contribution is 2.26. The van der Waals surface area contributed by atoms with Gasteiger partial charge in [0, 0.05) is 7.05 Å². The fourth-order valence-electron chi connectivity index (χ4n) is 1.53. The van der Waals surface area contributed by atoms with Gasteiger partial charge in [-0.25, -0.2) is 10.8 Å². The maximum Gasteiger partial charge on any atom is 0.218 e. The Morgan fingerprint density at radius 2 is 2.29 bits per heavy atom. The van der Waals surface area contributed by atoms with Crippen molar-refractivity contribution in [2.24, 2.45) is 12.9 Å². The molecule has 3 N–H and O–H groups in total. The molecule has 0 aliphatic rings. The molecule has 14 heavy (non-hydrogen) atoms. The third kappa shape index (κ3) is 1.10. The molecule has 2 aromatic rings. The lowest BCUT2D eigenvalue weighted by atomic mass is 10.3. The van der Waals surface area contributed by atoms with E-state index in [1.165, 1.54) is 0 Å². The molecule has 0 aliphatic heterocycles. The lowest BCUT2D eigenvalue weighted by Crippen LogP contribution is -2.11. The fourth-order valence-corrected chi connectivity index (χ4v) is 1.53. The van der Waals surface area contributed by atoms with Gasteiger partial charge in [0.1, 0.15) is 11.3 Å². The third-order valence-corrected chi connectivity index (χ3v) is 2.21. The van der Waals surface area contributed by atoms with Gasteiger partial charge in [0.2, 0.25) is 5.95 Å². The number of hydrazine groups is 1. The molecule has 0 bridgehead atoms. The van der Waals surface area contributed by atoms with Gasteiger partial charge in [0.05, 0.1) is 12.6 Å². The van der Waals surface area contributed by atoms with E-state index in [0.29, 0.717) is 5.95 Å². The summed E-state index contributed by atoms with van der Waals surface area (Å²) in [5.74, 6) is 6.74. The molecule has 1 aromatic heterocycles. The lowest BCUT2D eigenvalue weighted by Gasteiger charge is -2.04. The number of ether oxygens (including phenoxy) is 1. The number of rotatable bonds is 2. The Morgan fingerprint density at radius 3 is 2.93 bits per heavy atom. The number of aromatic nitrogens is 2. The highest BCUT2D eigenvalue weighted by atomic mass is 16.5. The first-order chi connectivity index (χ1) is 6.77. The third-order valence-electron chi connectivity index (χ3n) is 2.21. The van der Waals surface area contributed by atoms with Gasteiger partial charge in [-0.2, -0.15) is 0 Å². The Hall–Kier alpha value is -1.75. The Morgan fingerprint density at radius 1 is 1.50 bits per heavy atom. The zero-order chi connectivity index (χ0) is 10.1. The second-order valence-corrected chi connectivity index (χ2v) is 2.97. The summed E-state index contributed by atoms with van der Waals surface area (Å²) in [5.41, 5.74) is 4.33. The molecule has 0 saturated heterocycles. The number of para-hydroxylation sites is 1. The Kier molecular flexibility index (Phi) is 2.01. The quantitative estimate of drug-likeness (QED) is 0.547. The van der Waals surface area contributed by atoms with E-state index in [-0.39, 0.29) is 0 Å². The van der Waals surface area contributed by atoms with E-state index >= 15 is 0 Å². The van der Waals surface area contributed by atoms with Crippen LogP contribution < -0.4 is 16.0 Å². The molecule has 0 unspecified atom stereocenters. The molecule has 74 valence electrons. The number of fused-ring (bicyclic) bond motifs is 1. The number of nitrogens with zero attached hydrogens (tertiary/aromatic N) is 2. The summed E-state index contributed by atoms with van der Waals surface area (Å²) >= 11 is 0. The summed E-state index contributed by atoms with van der Waals surface area (Å²) in [6.07, 6.45) is 0. The van der Waals surface area contributed by atoms with E-state index in [4.69, 9.17) is 10.6 Å². The largest absolute Gasteiger partial charge is 0.494 e. The Labute approximate surface area is 81.5 Å². The van der Waals surface area contributed by atoms with Gasteiger partial charge >= 0.3 is 0 Å². The minimum atomic E-state index is 0.615.